The van der Waals surface area contributed by atoms with E-state index < -0.39 is 0 Å². The Labute approximate surface area is 166 Å². The molecule has 0 bridgehead atoms. The summed E-state index contributed by atoms with van der Waals surface area (Å²) in [4.78, 5) is 21.5. The highest BCUT2D eigenvalue weighted by atomic mass is 15.3. The SMILES string of the molecule is Cc1ncn(-c2ccc(Nc3ncc4cccc(-c5cncnc5)c4n3)cc2)n1. The minimum Gasteiger partial charge on any atom is -0.324 e. The van der Waals surface area contributed by atoms with Gasteiger partial charge in [0, 0.05) is 40.8 Å². The van der Waals surface area contributed by atoms with Crippen LogP contribution in [-0.4, -0.2) is 34.7 Å². The van der Waals surface area contributed by atoms with Crippen molar-refractivity contribution in [1.29, 1.82) is 0 Å². The zero-order chi connectivity index (χ0) is 19.6. The van der Waals surface area contributed by atoms with E-state index in [-0.39, 0.29) is 0 Å². The normalized spacial score (nSPS) is 10.9. The molecule has 0 fully saturated rings. The Hall–Kier alpha value is -4.20. The van der Waals surface area contributed by atoms with Gasteiger partial charge < -0.3 is 5.32 Å². The number of para-hydroxylation sites is 1. The first-order valence-corrected chi connectivity index (χ1v) is 9.03. The van der Waals surface area contributed by atoms with Crippen LogP contribution in [0.5, 0.6) is 0 Å². The van der Waals surface area contributed by atoms with Crippen LogP contribution in [0.3, 0.4) is 0 Å². The van der Waals surface area contributed by atoms with E-state index in [0.29, 0.717) is 5.95 Å². The molecule has 29 heavy (non-hydrogen) atoms. The quantitative estimate of drug-likeness (QED) is 0.508. The van der Waals surface area contributed by atoms with Gasteiger partial charge >= 0.3 is 0 Å². The zero-order valence-electron chi connectivity index (χ0n) is 15.6. The first kappa shape index (κ1) is 16.9. The van der Waals surface area contributed by atoms with E-state index in [1.54, 1.807) is 23.4 Å². The summed E-state index contributed by atoms with van der Waals surface area (Å²) in [6, 6.07) is 13.8. The monoisotopic (exact) mass is 380 g/mol. The molecule has 5 rings (SSSR count). The summed E-state index contributed by atoms with van der Waals surface area (Å²) in [6.45, 7) is 1.86. The van der Waals surface area contributed by atoms with Crippen LogP contribution in [0.15, 0.2) is 73.7 Å². The fourth-order valence-corrected chi connectivity index (χ4v) is 3.08. The van der Waals surface area contributed by atoms with Gasteiger partial charge in [0.25, 0.3) is 0 Å². The Morgan fingerprint density at radius 3 is 2.48 bits per heavy atom. The summed E-state index contributed by atoms with van der Waals surface area (Å²) in [7, 11) is 0. The predicted octanol–water partition coefficient (Wildman–Crippen LogP) is 3.72. The topological polar surface area (TPSA) is 94.3 Å². The van der Waals surface area contributed by atoms with Gasteiger partial charge in [-0.05, 0) is 31.2 Å². The molecule has 3 heterocycles. The molecule has 0 unspecified atom stereocenters. The van der Waals surface area contributed by atoms with Crippen molar-refractivity contribution in [2.45, 2.75) is 6.92 Å². The molecule has 3 aromatic heterocycles. The van der Waals surface area contributed by atoms with E-state index in [9.17, 15) is 0 Å². The second-order valence-corrected chi connectivity index (χ2v) is 6.47. The lowest BCUT2D eigenvalue weighted by Crippen LogP contribution is -1.99. The van der Waals surface area contributed by atoms with Crippen molar-refractivity contribution in [1.82, 2.24) is 34.7 Å². The number of aryl methyl sites for hydroxylation is 1. The molecule has 0 saturated carbocycles. The third kappa shape index (κ3) is 3.39. The third-order valence-electron chi connectivity index (χ3n) is 4.48. The molecule has 0 atom stereocenters. The van der Waals surface area contributed by atoms with Crippen LogP contribution >= 0.6 is 0 Å². The summed E-state index contributed by atoms with van der Waals surface area (Å²) in [6.07, 6.45) is 8.58. The molecule has 0 radical (unpaired) electrons. The first-order chi connectivity index (χ1) is 14.3. The maximum Gasteiger partial charge on any atom is 0.227 e. The van der Waals surface area contributed by atoms with Crippen LogP contribution in [0, 0.1) is 6.92 Å². The molecular weight excluding hydrogens is 364 g/mol. The Kier molecular flexibility index (Phi) is 4.14. The first-order valence-electron chi connectivity index (χ1n) is 9.03. The molecule has 5 aromatic rings. The molecule has 0 amide bonds. The number of fused-ring (bicyclic) bond motifs is 1. The van der Waals surface area contributed by atoms with Gasteiger partial charge in [-0.15, -0.1) is 0 Å². The Morgan fingerprint density at radius 2 is 1.72 bits per heavy atom. The summed E-state index contributed by atoms with van der Waals surface area (Å²) in [5.41, 5.74) is 4.53. The van der Waals surface area contributed by atoms with Gasteiger partial charge in [-0.25, -0.2) is 29.6 Å². The maximum absolute atomic E-state index is 4.73. The fraction of sp³-hybridized carbons (Fsp3) is 0.0476. The van der Waals surface area contributed by atoms with Crippen LogP contribution in [-0.2, 0) is 0 Å². The van der Waals surface area contributed by atoms with E-state index in [4.69, 9.17) is 4.98 Å². The van der Waals surface area contributed by atoms with E-state index in [0.717, 1.165) is 39.2 Å². The van der Waals surface area contributed by atoms with Crippen LogP contribution < -0.4 is 5.32 Å². The van der Waals surface area contributed by atoms with Gasteiger partial charge in [0.2, 0.25) is 5.95 Å². The Morgan fingerprint density at radius 1 is 0.897 bits per heavy atom. The number of benzene rings is 2. The fourth-order valence-electron chi connectivity index (χ4n) is 3.08. The molecule has 0 aliphatic rings. The van der Waals surface area contributed by atoms with Gasteiger partial charge in [0.05, 0.1) is 11.2 Å². The lowest BCUT2D eigenvalue weighted by Gasteiger charge is -2.09. The van der Waals surface area contributed by atoms with Gasteiger partial charge in [0.1, 0.15) is 18.5 Å². The van der Waals surface area contributed by atoms with Crippen molar-refractivity contribution in [3.05, 3.63) is 79.5 Å². The molecule has 0 aliphatic heterocycles. The lowest BCUT2D eigenvalue weighted by molar-refractivity contribution is 0.863. The van der Waals surface area contributed by atoms with Crippen LogP contribution in [0.1, 0.15) is 5.82 Å². The van der Waals surface area contributed by atoms with Crippen molar-refractivity contribution in [2.24, 2.45) is 0 Å². The van der Waals surface area contributed by atoms with E-state index >= 15 is 0 Å². The Balaban J connectivity index is 1.46. The number of rotatable bonds is 4. The maximum atomic E-state index is 4.73. The van der Waals surface area contributed by atoms with Crippen molar-refractivity contribution in [3.8, 4) is 16.8 Å². The molecule has 140 valence electrons. The number of anilines is 2. The summed E-state index contributed by atoms with van der Waals surface area (Å²) < 4.78 is 1.74. The second kappa shape index (κ2) is 7.08. The van der Waals surface area contributed by atoms with Gasteiger partial charge in [-0.2, -0.15) is 5.10 Å². The smallest absolute Gasteiger partial charge is 0.227 e. The highest BCUT2D eigenvalue weighted by Crippen LogP contribution is 2.27. The van der Waals surface area contributed by atoms with Crippen molar-refractivity contribution in [2.75, 3.05) is 5.32 Å². The van der Waals surface area contributed by atoms with E-state index in [1.165, 1.54) is 6.33 Å². The molecule has 8 heteroatoms. The number of hydrogen-bond donors (Lipinski definition) is 1. The van der Waals surface area contributed by atoms with Crippen molar-refractivity contribution >= 4 is 22.5 Å². The highest BCUT2D eigenvalue weighted by molar-refractivity contribution is 5.93. The van der Waals surface area contributed by atoms with Crippen LogP contribution in [0.2, 0.25) is 0 Å². The summed E-state index contributed by atoms with van der Waals surface area (Å²) >= 11 is 0. The predicted molar refractivity (Wildman–Crippen MR) is 110 cm³/mol. The molecule has 0 aliphatic carbocycles. The molecule has 0 spiro atoms. The summed E-state index contributed by atoms with van der Waals surface area (Å²) in [5, 5.41) is 8.53. The second-order valence-electron chi connectivity index (χ2n) is 6.47. The van der Waals surface area contributed by atoms with Crippen LogP contribution in [0.25, 0.3) is 27.7 Å². The van der Waals surface area contributed by atoms with Gasteiger partial charge in [0.15, 0.2) is 0 Å². The standard InChI is InChI=1S/C21H16N8/c1-14-25-13-29(28-14)18-7-5-17(6-8-18)26-21-24-11-15-3-2-4-19(20(15)27-21)16-9-22-12-23-10-16/h2-13H,1H3,(H,24,26,27). The number of nitrogens with one attached hydrogen (secondary N) is 1. The molecule has 2 aromatic carbocycles. The third-order valence-corrected chi connectivity index (χ3v) is 4.48. The Bertz CT molecular complexity index is 1280. The van der Waals surface area contributed by atoms with E-state index in [2.05, 4.69) is 30.4 Å². The molecular formula is C21H16N8. The number of hydrogen-bond acceptors (Lipinski definition) is 7. The molecule has 8 nitrogen and oxygen atoms in total. The largest absolute Gasteiger partial charge is 0.324 e. The minimum atomic E-state index is 0.520. The minimum absolute atomic E-state index is 0.520. The zero-order valence-corrected chi connectivity index (χ0v) is 15.6. The van der Waals surface area contributed by atoms with Gasteiger partial charge in [-0.1, -0.05) is 18.2 Å². The van der Waals surface area contributed by atoms with Crippen molar-refractivity contribution < 1.29 is 0 Å². The number of aromatic nitrogens is 7. The average molecular weight is 380 g/mol. The highest BCUT2D eigenvalue weighted by Gasteiger charge is 2.08. The van der Waals surface area contributed by atoms with E-state index in [1.807, 2.05) is 55.6 Å². The molecule has 1 N–H and O–H groups in total. The summed E-state index contributed by atoms with van der Waals surface area (Å²) in [5.74, 6) is 1.25. The average Bonchev–Trinajstić information content (AvgIpc) is 3.21. The van der Waals surface area contributed by atoms with Crippen molar-refractivity contribution in [3.63, 3.8) is 0 Å². The van der Waals surface area contributed by atoms with Crippen LogP contribution in [0.4, 0.5) is 11.6 Å². The van der Waals surface area contributed by atoms with Gasteiger partial charge in [-0.3, -0.25) is 0 Å². The molecule has 0 saturated heterocycles. The lowest BCUT2D eigenvalue weighted by atomic mass is 10.1. The number of nitrogens with zero attached hydrogens (tertiary/aromatic N) is 7.